The predicted molar refractivity (Wildman–Crippen MR) is 123 cm³/mol. The van der Waals surface area contributed by atoms with E-state index in [0.717, 1.165) is 29.7 Å². The zero-order valence-corrected chi connectivity index (χ0v) is 20.4. The van der Waals surface area contributed by atoms with Crippen LogP contribution < -0.4 is 15.4 Å². The molecule has 1 aromatic heterocycles. The van der Waals surface area contributed by atoms with Crippen molar-refractivity contribution in [2.24, 2.45) is 0 Å². The van der Waals surface area contributed by atoms with Crippen LogP contribution in [-0.2, 0) is 4.79 Å². The summed E-state index contributed by atoms with van der Waals surface area (Å²) >= 11 is 7.99. The Morgan fingerprint density at radius 3 is 2.40 bits per heavy atom. The van der Waals surface area contributed by atoms with Crippen LogP contribution in [0.4, 0.5) is 10.5 Å². The molecule has 7 nitrogen and oxygen atoms in total. The van der Waals surface area contributed by atoms with Crippen LogP contribution in [0.1, 0.15) is 37.0 Å². The number of ether oxygens (including phenoxy) is 1. The lowest BCUT2D eigenvalue weighted by Crippen LogP contribution is -2.53. The van der Waals surface area contributed by atoms with Crippen LogP contribution in [0.25, 0.3) is 0 Å². The Bertz CT molecular complexity index is 971. The molecule has 2 aromatic rings. The first-order valence-corrected chi connectivity index (χ1v) is 11.7. The van der Waals surface area contributed by atoms with Gasteiger partial charge in [-0.15, -0.1) is 0 Å². The number of halogens is 2. The Labute approximate surface area is 195 Å². The second-order valence-electron chi connectivity index (χ2n) is 7.35. The molecule has 2 N–H and O–H groups in total. The van der Waals surface area contributed by atoms with Crippen molar-refractivity contribution in [2.45, 2.75) is 32.2 Å². The summed E-state index contributed by atoms with van der Waals surface area (Å²) in [5.41, 5.74) is -0.157. The molecule has 3 rings (SSSR count). The van der Waals surface area contributed by atoms with E-state index in [4.69, 9.17) is 4.74 Å². The maximum absolute atomic E-state index is 12.7. The normalized spacial score (nSPS) is 13.8. The van der Waals surface area contributed by atoms with Crippen molar-refractivity contribution in [1.29, 1.82) is 0 Å². The van der Waals surface area contributed by atoms with E-state index in [2.05, 4.69) is 42.5 Å². The van der Waals surface area contributed by atoms with Gasteiger partial charge in [0.15, 0.2) is 5.06 Å². The Hall–Kier alpha value is -1.91. The molecular formula is C20H21Br2N3O4S. The number of hydrogen-bond donors (Lipinski definition) is 2. The van der Waals surface area contributed by atoms with Crippen LogP contribution in [0.3, 0.4) is 0 Å². The van der Waals surface area contributed by atoms with Gasteiger partial charge < -0.3 is 20.3 Å². The minimum absolute atomic E-state index is 0.0257. The van der Waals surface area contributed by atoms with Gasteiger partial charge in [0.25, 0.3) is 5.91 Å². The first-order chi connectivity index (χ1) is 14.2. The summed E-state index contributed by atoms with van der Waals surface area (Å²) < 4.78 is 6.63. The third-order valence-electron chi connectivity index (χ3n) is 4.57. The average Bonchev–Trinajstić information content (AvgIpc) is 3.32. The molecule has 2 heterocycles. The topological polar surface area (TPSA) is 87.7 Å². The average molecular weight is 559 g/mol. The molecule has 0 bridgehead atoms. The summed E-state index contributed by atoms with van der Waals surface area (Å²) in [6.45, 7) is 4.69. The number of carbonyl (C=O) groups is 3. The van der Waals surface area contributed by atoms with Crippen LogP contribution >= 0.6 is 43.2 Å². The predicted octanol–water partition coefficient (Wildman–Crippen LogP) is 5.01. The molecule has 10 heteroatoms. The summed E-state index contributed by atoms with van der Waals surface area (Å²) in [7, 11) is 0. The number of carbonyl (C=O) groups excluding carboxylic acids is 3. The molecule has 0 atom stereocenters. The van der Waals surface area contributed by atoms with Crippen molar-refractivity contribution in [3.8, 4) is 5.06 Å². The number of nitrogens with one attached hydrogen (secondary N) is 2. The van der Waals surface area contributed by atoms with Gasteiger partial charge >= 0.3 is 6.09 Å². The molecule has 1 aliphatic heterocycles. The van der Waals surface area contributed by atoms with Crippen LogP contribution in [0.2, 0.25) is 0 Å². The van der Waals surface area contributed by atoms with Gasteiger partial charge in [0.05, 0.1) is 9.35 Å². The third kappa shape index (κ3) is 5.61. The van der Waals surface area contributed by atoms with Gasteiger partial charge in [-0.2, -0.15) is 0 Å². The number of likely N-dealkylation sites (tertiary alicyclic amines) is 1. The largest absolute Gasteiger partial charge is 0.414 e. The lowest BCUT2D eigenvalue weighted by Gasteiger charge is -2.24. The second-order valence-corrected chi connectivity index (χ2v) is 10.6. The molecule has 0 aliphatic carbocycles. The van der Waals surface area contributed by atoms with E-state index in [0.29, 0.717) is 20.8 Å². The standard InChI is InChI=1S/C20H21Br2N3O4S/c1-20(2,24-19(28)29-16-8-7-15(22)30-16)18(27)23-12-5-6-13(14(21)11-12)17(26)25-9-3-4-10-25/h5-8,11H,3-4,9-10H2,1-2H3,(H,23,27)(H,24,28). The quantitative estimate of drug-likeness (QED) is 0.539. The molecule has 0 radical (unpaired) electrons. The molecule has 1 aliphatic rings. The number of nitrogens with zero attached hydrogens (tertiary/aromatic N) is 1. The van der Waals surface area contributed by atoms with Gasteiger partial charge in [-0.05, 0) is 88.9 Å². The maximum Gasteiger partial charge on any atom is 0.414 e. The van der Waals surface area contributed by atoms with E-state index in [-0.39, 0.29) is 5.91 Å². The fraction of sp³-hybridized carbons (Fsp3) is 0.350. The summed E-state index contributed by atoms with van der Waals surface area (Å²) in [6.07, 6.45) is 1.31. The lowest BCUT2D eigenvalue weighted by molar-refractivity contribution is -0.121. The molecule has 0 saturated carbocycles. The summed E-state index contributed by atoms with van der Waals surface area (Å²) in [4.78, 5) is 39.2. The highest BCUT2D eigenvalue weighted by molar-refractivity contribution is 9.11. The summed E-state index contributed by atoms with van der Waals surface area (Å²) in [5, 5.41) is 5.74. The van der Waals surface area contributed by atoms with Crippen LogP contribution in [0.5, 0.6) is 5.06 Å². The molecular weight excluding hydrogens is 538 g/mol. The van der Waals surface area contributed by atoms with E-state index in [1.807, 2.05) is 4.90 Å². The van der Waals surface area contributed by atoms with Gasteiger partial charge in [-0.1, -0.05) is 11.3 Å². The highest BCUT2D eigenvalue weighted by Gasteiger charge is 2.31. The van der Waals surface area contributed by atoms with Gasteiger partial charge in [-0.25, -0.2) is 4.79 Å². The first-order valence-electron chi connectivity index (χ1n) is 9.31. The Balaban J connectivity index is 1.61. The second kappa shape index (κ2) is 9.49. The van der Waals surface area contributed by atoms with E-state index in [1.165, 1.54) is 11.3 Å². The van der Waals surface area contributed by atoms with Crippen LogP contribution in [0.15, 0.2) is 38.6 Å². The SMILES string of the molecule is CC(C)(NC(=O)Oc1ccc(Br)s1)C(=O)Nc1ccc(C(=O)N2CCCC2)c(Br)c1. The zero-order chi connectivity index (χ0) is 21.9. The van der Waals surface area contributed by atoms with Gasteiger partial charge in [-0.3, -0.25) is 9.59 Å². The fourth-order valence-electron chi connectivity index (χ4n) is 2.93. The van der Waals surface area contributed by atoms with E-state index < -0.39 is 17.5 Å². The van der Waals surface area contributed by atoms with Crippen molar-refractivity contribution in [1.82, 2.24) is 10.2 Å². The van der Waals surface area contributed by atoms with Gasteiger partial charge in [0, 0.05) is 23.2 Å². The number of benzene rings is 1. The fourth-order valence-corrected chi connectivity index (χ4v) is 4.67. The molecule has 1 fully saturated rings. The smallest absolute Gasteiger partial charge is 0.399 e. The highest BCUT2D eigenvalue weighted by atomic mass is 79.9. The molecule has 0 spiro atoms. The van der Waals surface area contributed by atoms with Crippen molar-refractivity contribution in [3.63, 3.8) is 0 Å². The molecule has 1 aromatic carbocycles. The van der Waals surface area contributed by atoms with Crippen molar-refractivity contribution >= 4 is 66.8 Å². The van der Waals surface area contributed by atoms with Crippen molar-refractivity contribution in [2.75, 3.05) is 18.4 Å². The molecule has 1 saturated heterocycles. The first kappa shape index (κ1) is 22.8. The Morgan fingerprint density at radius 1 is 1.10 bits per heavy atom. The summed E-state index contributed by atoms with van der Waals surface area (Å²) in [6, 6.07) is 8.46. The van der Waals surface area contributed by atoms with Gasteiger partial charge in [0.2, 0.25) is 5.91 Å². The Kier molecular flexibility index (Phi) is 7.20. The van der Waals surface area contributed by atoms with Crippen molar-refractivity contribution < 1.29 is 19.1 Å². The molecule has 3 amide bonds. The molecule has 0 unspecified atom stereocenters. The number of amides is 3. The van der Waals surface area contributed by atoms with E-state index in [9.17, 15) is 14.4 Å². The van der Waals surface area contributed by atoms with Crippen LogP contribution in [0, 0.1) is 0 Å². The molecule has 160 valence electrons. The number of hydrogen-bond acceptors (Lipinski definition) is 5. The zero-order valence-electron chi connectivity index (χ0n) is 16.5. The minimum Gasteiger partial charge on any atom is -0.399 e. The Morgan fingerprint density at radius 2 is 1.80 bits per heavy atom. The summed E-state index contributed by atoms with van der Waals surface area (Å²) in [5.74, 6) is -0.445. The maximum atomic E-state index is 12.7. The van der Waals surface area contributed by atoms with E-state index >= 15 is 0 Å². The van der Waals surface area contributed by atoms with E-state index in [1.54, 1.807) is 44.2 Å². The lowest BCUT2D eigenvalue weighted by atomic mass is 10.0. The van der Waals surface area contributed by atoms with Gasteiger partial charge in [0.1, 0.15) is 5.54 Å². The number of rotatable bonds is 5. The minimum atomic E-state index is -1.22. The van der Waals surface area contributed by atoms with Crippen molar-refractivity contribution in [3.05, 3.63) is 44.2 Å². The number of thiophene rings is 1. The van der Waals surface area contributed by atoms with Crippen LogP contribution in [-0.4, -0.2) is 41.4 Å². The molecule has 30 heavy (non-hydrogen) atoms. The third-order valence-corrected chi connectivity index (χ3v) is 6.73. The number of anilines is 1. The monoisotopic (exact) mass is 557 g/mol. The highest BCUT2D eigenvalue weighted by Crippen LogP contribution is 2.29.